The molecule has 2 heterocycles. The van der Waals surface area contributed by atoms with Gasteiger partial charge in [0.25, 0.3) is 11.5 Å². The van der Waals surface area contributed by atoms with Gasteiger partial charge in [0.2, 0.25) is 0 Å². The predicted octanol–water partition coefficient (Wildman–Crippen LogP) is 3.52. The Morgan fingerprint density at radius 2 is 1.82 bits per heavy atom. The standard InChI is InChI=1S/C24H22FN5O3/c1-16-14-17(2)30(27-16)22-10-8-18(15-20(22)25)26-24(32)21-9-11-23(31)29(28-21)12-13-33-19-6-4-3-5-7-19/h3-11,14-15H,12-13H2,1-2H3,(H,26,32). The zero-order valence-electron chi connectivity index (χ0n) is 18.2. The van der Waals surface area contributed by atoms with Crippen LogP contribution >= 0.6 is 0 Å². The Labute approximate surface area is 189 Å². The number of halogens is 1. The van der Waals surface area contributed by atoms with Gasteiger partial charge in [0.1, 0.15) is 23.7 Å². The van der Waals surface area contributed by atoms with Crippen molar-refractivity contribution < 1.29 is 13.9 Å². The molecule has 2 aromatic carbocycles. The molecule has 0 saturated carbocycles. The monoisotopic (exact) mass is 447 g/mol. The highest BCUT2D eigenvalue weighted by Gasteiger charge is 2.14. The van der Waals surface area contributed by atoms with Gasteiger partial charge >= 0.3 is 0 Å². The highest BCUT2D eigenvalue weighted by molar-refractivity contribution is 6.02. The van der Waals surface area contributed by atoms with E-state index in [1.807, 2.05) is 38.1 Å². The van der Waals surface area contributed by atoms with E-state index in [0.29, 0.717) is 5.75 Å². The quantitative estimate of drug-likeness (QED) is 0.468. The lowest BCUT2D eigenvalue weighted by Crippen LogP contribution is -2.28. The van der Waals surface area contributed by atoms with Gasteiger partial charge in [-0.1, -0.05) is 18.2 Å². The smallest absolute Gasteiger partial charge is 0.276 e. The number of ether oxygens (including phenoxy) is 1. The largest absolute Gasteiger partial charge is 0.492 e. The Kier molecular flexibility index (Phi) is 6.30. The fourth-order valence-electron chi connectivity index (χ4n) is 3.32. The SMILES string of the molecule is Cc1cc(C)n(-c2ccc(NC(=O)c3ccc(=O)n(CCOc4ccccc4)n3)cc2F)n1. The molecular formula is C24H22FN5O3. The number of aromatic nitrogens is 4. The molecule has 8 nitrogen and oxygen atoms in total. The first-order valence-electron chi connectivity index (χ1n) is 10.3. The Balaban J connectivity index is 1.45. The summed E-state index contributed by atoms with van der Waals surface area (Å²) in [5.74, 6) is -0.425. The van der Waals surface area contributed by atoms with E-state index in [2.05, 4.69) is 15.5 Å². The number of amides is 1. The molecule has 0 aliphatic rings. The lowest BCUT2D eigenvalue weighted by Gasteiger charge is -2.10. The fraction of sp³-hybridized carbons (Fsp3) is 0.167. The van der Waals surface area contributed by atoms with Crippen LogP contribution < -0.4 is 15.6 Å². The van der Waals surface area contributed by atoms with Crippen molar-refractivity contribution in [1.82, 2.24) is 19.6 Å². The van der Waals surface area contributed by atoms with Gasteiger partial charge in [0.15, 0.2) is 5.82 Å². The average Bonchev–Trinajstić information content (AvgIpc) is 3.13. The predicted molar refractivity (Wildman–Crippen MR) is 121 cm³/mol. The van der Waals surface area contributed by atoms with E-state index in [9.17, 15) is 14.0 Å². The number of para-hydroxylation sites is 1. The number of benzene rings is 2. The molecule has 0 saturated heterocycles. The molecule has 0 aliphatic heterocycles. The van der Waals surface area contributed by atoms with Crippen LogP contribution in [0.1, 0.15) is 21.9 Å². The average molecular weight is 447 g/mol. The second-order valence-electron chi connectivity index (χ2n) is 7.40. The van der Waals surface area contributed by atoms with Gasteiger partial charge in [0, 0.05) is 17.4 Å². The Bertz CT molecular complexity index is 1350. The summed E-state index contributed by atoms with van der Waals surface area (Å²) in [5.41, 5.74) is 1.78. The van der Waals surface area contributed by atoms with Crippen LogP contribution in [0.5, 0.6) is 5.75 Å². The third-order valence-corrected chi connectivity index (χ3v) is 4.86. The van der Waals surface area contributed by atoms with Crippen LogP contribution in [0, 0.1) is 19.7 Å². The number of nitrogens with zero attached hydrogens (tertiary/aromatic N) is 4. The zero-order valence-corrected chi connectivity index (χ0v) is 18.2. The fourth-order valence-corrected chi connectivity index (χ4v) is 3.32. The van der Waals surface area contributed by atoms with E-state index in [4.69, 9.17) is 4.74 Å². The van der Waals surface area contributed by atoms with E-state index in [0.717, 1.165) is 16.1 Å². The van der Waals surface area contributed by atoms with Crippen molar-refractivity contribution in [1.29, 1.82) is 0 Å². The Morgan fingerprint density at radius 3 is 2.52 bits per heavy atom. The Morgan fingerprint density at radius 1 is 1.03 bits per heavy atom. The van der Waals surface area contributed by atoms with Crippen molar-refractivity contribution in [3.63, 3.8) is 0 Å². The number of carbonyl (C=O) groups is 1. The molecule has 0 fully saturated rings. The minimum atomic E-state index is -0.564. The van der Waals surface area contributed by atoms with Gasteiger partial charge in [0.05, 0.1) is 12.2 Å². The van der Waals surface area contributed by atoms with E-state index >= 15 is 0 Å². The molecule has 4 rings (SSSR count). The molecule has 1 amide bonds. The second-order valence-corrected chi connectivity index (χ2v) is 7.40. The van der Waals surface area contributed by atoms with E-state index < -0.39 is 11.7 Å². The number of hydrogen-bond acceptors (Lipinski definition) is 5. The van der Waals surface area contributed by atoms with Crippen LogP contribution in [0.15, 0.2) is 71.5 Å². The zero-order chi connectivity index (χ0) is 23.4. The lowest BCUT2D eigenvalue weighted by molar-refractivity contribution is 0.101. The molecule has 0 atom stereocenters. The molecule has 0 spiro atoms. The molecule has 0 unspecified atom stereocenters. The topological polar surface area (TPSA) is 91.0 Å². The van der Waals surface area contributed by atoms with Crippen molar-refractivity contribution in [2.75, 3.05) is 11.9 Å². The molecule has 1 N–H and O–H groups in total. The third-order valence-electron chi connectivity index (χ3n) is 4.86. The number of hydrogen-bond donors (Lipinski definition) is 1. The first-order chi connectivity index (χ1) is 15.9. The van der Waals surface area contributed by atoms with Crippen LogP contribution in [-0.4, -0.2) is 32.1 Å². The van der Waals surface area contributed by atoms with E-state index in [1.54, 1.807) is 24.3 Å². The minimum absolute atomic E-state index is 0.0253. The number of carbonyl (C=O) groups excluding carboxylic acids is 1. The van der Waals surface area contributed by atoms with E-state index in [-0.39, 0.29) is 35.8 Å². The third kappa shape index (κ3) is 5.15. The summed E-state index contributed by atoms with van der Waals surface area (Å²) < 4.78 is 22.9. The van der Waals surface area contributed by atoms with Crippen molar-refractivity contribution in [3.8, 4) is 11.4 Å². The van der Waals surface area contributed by atoms with Gasteiger partial charge in [-0.25, -0.2) is 13.8 Å². The second kappa shape index (κ2) is 9.47. The molecule has 0 bridgehead atoms. The number of aryl methyl sites for hydroxylation is 2. The molecule has 9 heteroatoms. The summed E-state index contributed by atoms with van der Waals surface area (Å²) >= 11 is 0. The minimum Gasteiger partial charge on any atom is -0.492 e. The first-order valence-corrected chi connectivity index (χ1v) is 10.3. The summed E-state index contributed by atoms with van der Waals surface area (Å²) in [6.07, 6.45) is 0. The number of anilines is 1. The van der Waals surface area contributed by atoms with Crippen LogP contribution in [0.25, 0.3) is 5.69 Å². The van der Waals surface area contributed by atoms with Crippen molar-refractivity contribution >= 4 is 11.6 Å². The summed E-state index contributed by atoms with van der Waals surface area (Å²) in [5, 5.41) is 11.0. The molecule has 33 heavy (non-hydrogen) atoms. The first kappa shape index (κ1) is 21.9. The van der Waals surface area contributed by atoms with Crippen LogP contribution in [-0.2, 0) is 6.54 Å². The molecule has 168 valence electrons. The van der Waals surface area contributed by atoms with Crippen LogP contribution in [0.3, 0.4) is 0 Å². The molecule has 2 aromatic heterocycles. The summed E-state index contributed by atoms with van der Waals surface area (Å²) in [4.78, 5) is 24.7. The van der Waals surface area contributed by atoms with Crippen LogP contribution in [0.2, 0.25) is 0 Å². The van der Waals surface area contributed by atoms with Crippen molar-refractivity contribution in [3.05, 3.63) is 100.0 Å². The van der Waals surface area contributed by atoms with Gasteiger partial charge < -0.3 is 10.1 Å². The Hall–Kier alpha value is -4.27. The van der Waals surface area contributed by atoms with Gasteiger partial charge in [-0.15, -0.1) is 0 Å². The molecule has 0 aliphatic carbocycles. The maximum absolute atomic E-state index is 14.7. The highest BCUT2D eigenvalue weighted by Crippen LogP contribution is 2.20. The summed E-state index contributed by atoms with van der Waals surface area (Å²) in [6.45, 7) is 4.04. The van der Waals surface area contributed by atoms with Gasteiger partial charge in [-0.2, -0.15) is 10.2 Å². The van der Waals surface area contributed by atoms with Crippen molar-refractivity contribution in [2.45, 2.75) is 20.4 Å². The van der Waals surface area contributed by atoms with Crippen molar-refractivity contribution in [2.24, 2.45) is 0 Å². The summed E-state index contributed by atoms with van der Waals surface area (Å²) in [7, 11) is 0. The normalized spacial score (nSPS) is 10.8. The lowest BCUT2D eigenvalue weighted by atomic mass is 10.2. The molecule has 0 radical (unpaired) electrons. The summed E-state index contributed by atoms with van der Waals surface area (Å²) in [6, 6.07) is 17.9. The maximum Gasteiger partial charge on any atom is 0.276 e. The molecule has 4 aromatic rings. The number of rotatable bonds is 7. The van der Waals surface area contributed by atoms with Gasteiger partial charge in [-0.3, -0.25) is 9.59 Å². The maximum atomic E-state index is 14.7. The highest BCUT2D eigenvalue weighted by atomic mass is 19.1. The number of nitrogens with one attached hydrogen (secondary N) is 1. The van der Waals surface area contributed by atoms with E-state index in [1.165, 1.54) is 22.9 Å². The molecular weight excluding hydrogens is 425 g/mol. The van der Waals surface area contributed by atoms with Crippen LogP contribution in [0.4, 0.5) is 10.1 Å². The van der Waals surface area contributed by atoms with Gasteiger partial charge in [-0.05, 0) is 56.3 Å².